The van der Waals surface area contributed by atoms with E-state index in [9.17, 15) is 4.79 Å². The van der Waals surface area contributed by atoms with E-state index in [2.05, 4.69) is 46.4 Å². The van der Waals surface area contributed by atoms with Crippen molar-refractivity contribution in [2.75, 3.05) is 39.4 Å². The number of fused-ring (bicyclic) bond motifs is 1. The van der Waals surface area contributed by atoms with Crippen molar-refractivity contribution in [2.45, 2.75) is 26.3 Å². The van der Waals surface area contributed by atoms with Crippen molar-refractivity contribution >= 4 is 5.91 Å². The minimum atomic E-state index is -0.308. The number of hydrogen-bond acceptors (Lipinski definition) is 6. The molecule has 2 aliphatic rings. The van der Waals surface area contributed by atoms with Crippen LogP contribution in [-0.2, 0) is 4.74 Å². The lowest BCUT2D eigenvalue weighted by Crippen LogP contribution is -2.39. The summed E-state index contributed by atoms with van der Waals surface area (Å²) in [7, 11) is 0. The monoisotopic (exact) mass is 432 g/mol. The second-order valence-corrected chi connectivity index (χ2v) is 8.49. The molecule has 0 spiro atoms. The maximum absolute atomic E-state index is 13.4. The normalized spacial score (nSPS) is 18.9. The molecule has 8 heteroatoms. The van der Waals surface area contributed by atoms with Crippen LogP contribution in [0, 0.1) is 13.8 Å². The highest BCUT2D eigenvalue weighted by Gasteiger charge is 2.40. The zero-order valence-electron chi connectivity index (χ0n) is 18.6. The van der Waals surface area contributed by atoms with E-state index in [1.165, 1.54) is 0 Å². The third-order valence-corrected chi connectivity index (χ3v) is 6.42. The minimum Gasteiger partial charge on any atom is -0.379 e. The number of hydrogen-bond donors (Lipinski definition) is 0. The van der Waals surface area contributed by atoms with Gasteiger partial charge in [0.25, 0.3) is 5.91 Å². The molecule has 8 nitrogen and oxygen atoms in total. The summed E-state index contributed by atoms with van der Waals surface area (Å²) in [6.45, 7) is 9.16. The first kappa shape index (κ1) is 20.8. The summed E-state index contributed by atoms with van der Waals surface area (Å²) in [6.07, 6.45) is 0.890. The molecule has 1 fully saturated rings. The highest BCUT2D eigenvalue weighted by atomic mass is 16.5. The lowest BCUT2D eigenvalue weighted by molar-refractivity contribution is 0.0353. The van der Waals surface area contributed by atoms with Crippen LogP contribution in [0.1, 0.15) is 45.3 Å². The Morgan fingerprint density at radius 2 is 1.75 bits per heavy atom. The van der Waals surface area contributed by atoms with Crippen molar-refractivity contribution in [2.24, 2.45) is 0 Å². The Hall–Kier alpha value is -3.10. The predicted molar refractivity (Wildman–Crippen MR) is 120 cm³/mol. The Morgan fingerprint density at radius 1 is 1.00 bits per heavy atom. The van der Waals surface area contributed by atoms with Gasteiger partial charge in [-0.05, 0) is 53.5 Å². The molecule has 5 rings (SSSR count). The number of para-hydroxylation sites is 1. The molecule has 0 aliphatic carbocycles. The highest BCUT2D eigenvalue weighted by molar-refractivity contribution is 5.99. The number of tetrazole rings is 1. The van der Waals surface area contributed by atoms with Gasteiger partial charge in [0.05, 0.1) is 18.9 Å². The number of benzene rings is 2. The Morgan fingerprint density at radius 3 is 2.53 bits per heavy atom. The molecule has 2 aromatic carbocycles. The van der Waals surface area contributed by atoms with Gasteiger partial charge in [0.15, 0.2) is 5.82 Å². The molecule has 1 aromatic heterocycles. The van der Waals surface area contributed by atoms with E-state index >= 15 is 0 Å². The average molecular weight is 433 g/mol. The quantitative estimate of drug-likeness (QED) is 0.596. The first-order chi connectivity index (χ1) is 15.6. The molecule has 1 saturated heterocycles. The predicted octanol–water partition coefficient (Wildman–Crippen LogP) is 2.55. The first-order valence-electron chi connectivity index (χ1n) is 11.2. The molecule has 0 N–H and O–H groups in total. The molecule has 32 heavy (non-hydrogen) atoms. The van der Waals surface area contributed by atoms with Gasteiger partial charge >= 0.3 is 0 Å². The lowest BCUT2D eigenvalue weighted by Gasteiger charge is -2.29. The molecular weight excluding hydrogens is 404 g/mol. The van der Waals surface area contributed by atoms with Gasteiger partial charge in [0, 0.05) is 31.7 Å². The maximum Gasteiger partial charge on any atom is 0.255 e. The third kappa shape index (κ3) is 3.69. The van der Waals surface area contributed by atoms with Gasteiger partial charge in [0.1, 0.15) is 6.04 Å². The molecule has 3 heterocycles. The van der Waals surface area contributed by atoms with Gasteiger partial charge in [-0.3, -0.25) is 9.69 Å². The number of aromatic nitrogens is 4. The van der Waals surface area contributed by atoms with E-state index in [1.807, 2.05) is 35.2 Å². The standard InChI is InChI=1S/C24H28N6O2/c1-17-7-5-8-18(2)21(17)30-23(25-26-27-30)22-19-9-3-4-10-20(19)24(31)29(22)12-6-11-28-13-15-32-16-14-28/h3-5,7-10,22H,6,11-16H2,1-2H3. The fourth-order valence-corrected chi connectivity index (χ4v) is 4.83. The molecule has 0 radical (unpaired) electrons. The number of amides is 1. The van der Waals surface area contributed by atoms with E-state index < -0.39 is 0 Å². The van der Waals surface area contributed by atoms with Gasteiger partial charge in [-0.1, -0.05) is 36.4 Å². The van der Waals surface area contributed by atoms with Crippen molar-refractivity contribution < 1.29 is 9.53 Å². The zero-order valence-corrected chi connectivity index (χ0v) is 18.6. The fraction of sp³-hybridized carbons (Fsp3) is 0.417. The number of carbonyl (C=O) groups excluding carboxylic acids is 1. The molecule has 1 atom stereocenters. The molecule has 0 saturated carbocycles. The summed E-state index contributed by atoms with van der Waals surface area (Å²) in [5, 5.41) is 12.8. The van der Waals surface area contributed by atoms with Gasteiger partial charge in [-0.15, -0.1) is 5.10 Å². The number of morpholine rings is 1. The summed E-state index contributed by atoms with van der Waals surface area (Å²) >= 11 is 0. The van der Waals surface area contributed by atoms with E-state index in [0.717, 1.165) is 67.2 Å². The number of ether oxygens (including phenoxy) is 1. The first-order valence-corrected chi connectivity index (χ1v) is 11.2. The second-order valence-electron chi connectivity index (χ2n) is 8.49. The molecule has 1 amide bonds. The summed E-state index contributed by atoms with van der Waals surface area (Å²) in [4.78, 5) is 17.7. The van der Waals surface area contributed by atoms with Crippen molar-refractivity contribution in [3.05, 3.63) is 70.5 Å². The Kier molecular flexibility index (Phi) is 5.71. The van der Waals surface area contributed by atoms with Gasteiger partial charge in [-0.2, -0.15) is 4.68 Å². The molecule has 2 aliphatic heterocycles. The SMILES string of the molecule is Cc1cccc(C)c1-n1nnnc1C1c2ccccc2C(=O)N1CCCN1CCOCC1. The van der Waals surface area contributed by atoms with Crippen molar-refractivity contribution in [1.29, 1.82) is 0 Å². The molecular formula is C24H28N6O2. The Balaban J connectivity index is 1.48. The zero-order chi connectivity index (χ0) is 22.1. The van der Waals surface area contributed by atoms with Crippen molar-refractivity contribution in [1.82, 2.24) is 30.0 Å². The average Bonchev–Trinajstić information content (AvgIpc) is 3.37. The van der Waals surface area contributed by atoms with Crippen LogP contribution in [0.4, 0.5) is 0 Å². The minimum absolute atomic E-state index is 0.0450. The summed E-state index contributed by atoms with van der Waals surface area (Å²) in [5.74, 6) is 0.718. The van der Waals surface area contributed by atoms with Crippen LogP contribution in [0.2, 0.25) is 0 Å². The number of carbonyl (C=O) groups is 1. The van der Waals surface area contributed by atoms with Gasteiger partial charge < -0.3 is 9.64 Å². The van der Waals surface area contributed by atoms with Crippen molar-refractivity contribution in [3.63, 3.8) is 0 Å². The lowest BCUT2D eigenvalue weighted by atomic mass is 10.0. The van der Waals surface area contributed by atoms with Gasteiger partial charge in [0.2, 0.25) is 0 Å². The van der Waals surface area contributed by atoms with Crippen LogP contribution < -0.4 is 0 Å². The van der Waals surface area contributed by atoms with E-state index in [0.29, 0.717) is 12.4 Å². The van der Waals surface area contributed by atoms with Crippen LogP contribution in [-0.4, -0.2) is 75.3 Å². The summed E-state index contributed by atoms with van der Waals surface area (Å²) in [5.41, 5.74) is 4.86. The number of nitrogens with zero attached hydrogens (tertiary/aromatic N) is 6. The highest BCUT2D eigenvalue weighted by Crippen LogP contribution is 2.38. The van der Waals surface area contributed by atoms with Crippen LogP contribution in [0.25, 0.3) is 5.69 Å². The number of aryl methyl sites for hydroxylation is 2. The van der Waals surface area contributed by atoms with Crippen LogP contribution in [0.3, 0.4) is 0 Å². The van der Waals surface area contributed by atoms with Gasteiger partial charge in [-0.25, -0.2) is 0 Å². The number of rotatable bonds is 6. The van der Waals surface area contributed by atoms with Crippen LogP contribution in [0.5, 0.6) is 0 Å². The Labute approximate surface area is 187 Å². The molecule has 0 bridgehead atoms. The van der Waals surface area contributed by atoms with E-state index in [-0.39, 0.29) is 11.9 Å². The fourth-order valence-electron chi connectivity index (χ4n) is 4.83. The largest absolute Gasteiger partial charge is 0.379 e. The van der Waals surface area contributed by atoms with Crippen LogP contribution >= 0.6 is 0 Å². The Bertz CT molecular complexity index is 1100. The summed E-state index contributed by atoms with van der Waals surface area (Å²) < 4.78 is 7.25. The molecule has 1 unspecified atom stereocenters. The van der Waals surface area contributed by atoms with E-state index in [4.69, 9.17) is 4.74 Å². The topological polar surface area (TPSA) is 76.4 Å². The molecule has 3 aromatic rings. The second kappa shape index (κ2) is 8.80. The van der Waals surface area contributed by atoms with Crippen LogP contribution in [0.15, 0.2) is 42.5 Å². The van der Waals surface area contributed by atoms with E-state index in [1.54, 1.807) is 4.68 Å². The molecule has 166 valence electrons. The maximum atomic E-state index is 13.4. The third-order valence-electron chi connectivity index (χ3n) is 6.42. The van der Waals surface area contributed by atoms with Crippen molar-refractivity contribution in [3.8, 4) is 5.69 Å². The summed E-state index contributed by atoms with van der Waals surface area (Å²) in [6, 6.07) is 13.7. The smallest absolute Gasteiger partial charge is 0.255 e.